The van der Waals surface area contributed by atoms with E-state index in [1.165, 1.54) is 12.1 Å². The Labute approximate surface area is 160 Å². The Morgan fingerprint density at radius 2 is 1.81 bits per heavy atom. The van der Waals surface area contributed by atoms with E-state index in [9.17, 15) is 13.2 Å². The summed E-state index contributed by atoms with van der Waals surface area (Å²) in [5.74, 6) is -0.241. The van der Waals surface area contributed by atoms with Crippen molar-refractivity contribution >= 4 is 15.9 Å². The fourth-order valence-electron chi connectivity index (χ4n) is 3.36. The molecule has 2 heterocycles. The first-order valence-corrected chi connectivity index (χ1v) is 10.7. The molecule has 1 fully saturated rings. The number of carbonyl (C=O) groups is 1. The number of amides is 1. The number of carbonyl (C=O) groups excluding carboxylic acids is 1. The summed E-state index contributed by atoms with van der Waals surface area (Å²) in [7, 11) is -3.53. The molecule has 1 aromatic carbocycles. The van der Waals surface area contributed by atoms with Gasteiger partial charge in [0.2, 0.25) is 10.0 Å². The quantitative estimate of drug-likeness (QED) is 0.855. The summed E-state index contributed by atoms with van der Waals surface area (Å²) in [5, 5.41) is 2.91. The molecule has 1 aliphatic heterocycles. The molecule has 1 aromatic heterocycles. The van der Waals surface area contributed by atoms with Crippen LogP contribution in [0.2, 0.25) is 0 Å². The summed E-state index contributed by atoms with van der Waals surface area (Å²) >= 11 is 0. The first-order chi connectivity index (χ1) is 12.9. The predicted octanol–water partition coefficient (Wildman–Crippen LogP) is 3.14. The highest BCUT2D eigenvalue weighted by atomic mass is 32.2. The first-order valence-electron chi connectivity index (χ1n) is 9.22. The van der Waals surface area contributed by atoms with Crippen LogP contribution in [0, 0.1) is 0 Å². The average Bonchev–Trinajstić information content (AvgIpc) is 2.69. The van der Waals surface area contributed by atoms with E-state index in [0.717, 1.165) is 24.8 Å². The lowest BCUT2D eigenvalue weighted by Gasteiger charge is -2.32. The number of nitrogens with zero attached hydrogens (tertiary/aromatic N) is 2. The van der Waals surface area contributed by atoms with Crippen molar-refractivity contribution in [2.24, 2.45) is 0 Å². The Morgan fingerprint density at radius 1 is 1.15 bits per heavy atom. The SMILES string of the molecule is C[C@@H]1CCCCN1S(=O)(=O)c1ccc(C(=O)N[C@H](C)c2ccncc2)cc1. The lowest BCUT2D eigenvalue weighted by molar-refractivity contribution is 0.0939. The number of piperidine rings is 1. The molecule has 144 valence electrons. The molecule has 1 amide bonds. The van der Waals surface area contributed by atoms with E-state index < -0.39 is 10.0 Å². The summed E-state index contributed by atoms with van der Waals surface area (Å²) < 4.78 is 27.3. The van der Waals surface area contributed by atoms with Crippen molar-refractivity contribution in [1.82, 2.24) is 14.6 Å². The number of benzene rings is 1. The summed E-state index contributed by atoms with van der Waals surface area (Å²) in [6, 6.07) is 9.70. The minimum Gasteiger partial charge on any atom is -0.346 e. The number of aromatic nitrogens is 1. The molecular weight excluding hydrogens is 362 g/mol. The predicted molar refractivity (Wildman–Crippen MR) is 104 cm³/mol. The molecule has 27 heavy (non-hydrogen) atoms. The lowest BCUT2D eigenvalue weighted by Crippen LogP contribution is -2.41. The van der Waals surface area contributed by atoms with Gasteiger partial charge in [-0.2, -0.15) is 4.31 Å². The second-order valence-electron chi connectivity index (χ2n) is 6.96. The third kappa shape index (κ3) is 4.36. The Kier molecular flexibility index (Phi) is 5.92. The van der Waals surface area contributed by atoms with Crippen molar-refractivity contribution in [3.63, 3.8) is 0 Å². The van der Waals surface area contributed by atoms with Crippen LogP contribution in [0.15, 0.2) is 53.7 Å². The fraction of sp³-hybridized carbons (Fsp3) is 0.400. The maximum absolute atomic E-state index is 12.9. The van der Waals surface area contributed by atoms with Gasteiger partial charge in [-0.1, -0.05) is 6.42 Å². The van der Waals surface area contributed by atoms with Gasteiger partial charge in [-0.3, -0.25) is 9.78 Å². The van der Waals surface area contributed by atoms with Crippen LogP contribution in [0.3, 0.4) is 0 Å². The first kappa shape index (κ1) is 19.5. The van der Waals surface area contributed by atoms with Gasteiger partial charge in [0.1, 0.15) is 0 Å². The van der Waals surface area contributed by atoms with Gasteiger partial charge in [-0.15, -0.1) is 0 Å². The smallest absolute Gasteiger partial charge is 0.251 e. The molecule has 6 nitrogen and oxygen atoms in total. The highest BCUT2D eigenvalue weighted by molar-refractivity contribution is 7.89. The number of sulfonamides is 1. The van der Waals surface area contributed by atoms with Gasteiger partial charge < -0.3 is 5.32 Å². The third-order valence-corrected chi connectivity index (χ3v) is 7.05. The van der Waals surface area contributed by atoms with Crippen molar-refractivity contribution in [3.05, 3.63) is 59.9 Å². The number of nitrogens with one attached hydrogen (secondary N) is 1. The van der Waals surface area contributed by atoms with Gasteiger partial charge in [0.05, 0.1) is 10.9 Å². The van der Waals surface area contributed by atoms with E-state index in [1.807, 2.05) is 26.0 Å². The third-order valence-electron chi connectivity index (χ3n) is 5.02. The van der Waals surface area contributed by atoms with Gasteiger partial charge in [-0.25, -0.2) is 8.42 Å². The van der Waals surface area contributed by atoms with Gasteiger partial charge in [0.25, 0.3) is 5.91 Å². The summed E-state index contributed by atoms with van der Waals surface area (Å²) in [5.41, 5.74) is 1.39. The zero-order chi connectivity index (χ0) is 19.4. The zero-order valence-electron chi connectivity index (χ0n) is 15.6. The topological polar surface area (TPSA) is 79.4 Å². The van der Waals surface area contributed by atoms with Gasteiger partial charge in [0.15, 0.2) is 0 Å². The maximum Gasteiger partial charge on any atom is 0.251 e. The fourth-order valence-corrected chi connectivity index (χ4v) is 5.06. The van der Waals surface area contributed by atoms with E-state index in [4.69, 9.17) is 0 Å². The Morgan fingerprint density at radius 3 is 2.44 bits per heavy atom. The molecule has 1 aliphatic rings. The molecule has 7 heteroatoms. The largest absolute Gasteiger partial charge is 0.346 e. The zero-order valence-corrected chi connectivity index (χ0v) is 16.4. The van der Waals surface area contributed by atoms with Gasteiger partial charge >= 0.3 is 0 Å². The van der Waals surface area contributed by atoms with Crippen LogP contribution in [0.4, 0.5) is 0 Å². The van der Waals surface area contributed by atoms with Crippen molar-refractivity contribution in [3.8, 4) is 0 Å². The molecule has 1 saturated heterocycles. The minimum absolute atomic E-state index is 0.00735. The van der Waals surface area contributed by atoms with Crippen molar-refractivity contribution in [1.29, 1.82) is 0 Å². The summed E-state index contributed by atoms with van der Waals surface area (Å²) in [6.07, 6.45) is 6.18. The monoisotopic (exact) mass is 387 g/mol. The highest BCUT2D eigenvalue weighted by Crippen LogP contribution is 2.25. The average molecular weight is 388 g/mol. The van der Waals surface area contributed by atoms with Crippen molar-refractivity contribution in [2.45, 2.75) is 50.1 Å². The Bertz CT molecular complexity index is 882. The van der Waals surface area contributed by atoms with Crippen LogP contribution in [-0.4, -0.2) is 36.2 Å². The maximum atomic E-state index is 12.9. The molecule has 0 spiro atoms. The van der Waals surface area contributed by atoms with Gasteiger partial charge in [-0.05, 0) is 68.7 Å². The van der Waals surface area contributed by atoms with Crippen LogP contribution in [-0.2, 0) is 10.0 Å². The van der Waals surface area contributed by atoms with Crippen LogP contribution in [0.25, 0.3) is 0 Å². The summed E-state index contributed by atoms with van der Waals surface area (Å²) in [4.78, 5) is 16.7. The molecule has 0 bridgehead atoms. The van der Waals surface area contributed by atoms with E-state index in [2.05, 4.69) is 10.3 Å². The molecule has 2 aromatic rings. The molecule has 1 N–H and O–H groups in total. The highest BCUT2D eigenvalue weighted by Gasteiger charge is 2.30. The Hall–Kier alpha value is -2.25. The molecular formula is C20H25N3O3S. The molecule has 3 rings (SSSR count). The van der Waals surface area contributed by atoms with E-state index in [-0.39, 0.29) is 22.9 Å². The van der Waals surface area contributed by atoms with E-state index in [1.54, 1.807) is 28.8 Å². The molecule has 0 radical (unpaired) electrons. The van der Waals surface area contributed by atoms with E-state index in [0.29, 0.717) is 12.1 Å². The van der Waals surface area contributed by atoms with Gasteiger partial charge in [0, 0.05) is 30.5 Å². The lowest BCUT2D eigenvalue weighted by atomic mass is 10.1. The second kappa shape index (κ2) is 8.19. The standard InChI is InChI=1S/C20H25N3O3S/c1-15-5-3-4-14-23(15)27(25,26)19-8-6-18(7-9-19)20(24)22-16(2)17-10-12-21-13-11-17/h6-13,15-16H,3-5,14H2,1-2H3,(H,22,24)/t15-,16-/m1/s1. The normalized spacial score (nSPS) is 19.4. The van der Waals surface area contributed by atoms with Crippen LogP contribution in [0.5, 0.6) is 0 Å². The number of pyridine rings is 1. The molecule has 0 saturated carbocycles. The van der Waals surface area contributed by atoms with Crippen LogP contribution in [0.1, 0.15) is 55.1 Å². The molecule has 0 unspecified atom stereocenters. The van der Waals surface area contributed by atoms with Crippen LogP contribution >= 0.6 is 0 Å². The molecule has 2 atom stereocenters. The number of rotatable bonds is 5. The van der Waals surface area contributed by atoms with E-state index >= 15 is 0 Å². The second-order valence-corrected chi connectivity index (χ2v) is 8.85. The number of hydrogen-bond donors (Lipinski definition) is 1. The van der Waals surface area contributed by atoms with Crippen molar-refractivity contribution in [2.75, 3.05) is 6.54 Å². The summed E-state index contributed by atoms with van der Waals surface area (Å²) in [6.45, 7) is 4.39. The molecule has 0 aliphatic carbocycles. The minimum atomic E-state index is -3.53. The Balaban J connectivity index is 1.72. The van der Waals surface area contributed by atoms with Crippen molar-refractivity contribution < 1.29 is 13.2 Å². The number of hydrogen-bond acceptors (Lipinski definition) is 4. The van der Waals surface area contributed by atoms with Crippen LogP contribution < -0.4 is 5.32 Å².